The number of amides is 1. The number of rotatable bonds is 54. The van der Waals surface area contributed by atoms with Crippen LogP contribution in [-0.2, 0) is 18.4 Å². The topological polar surface area (TPSA) is 105 Å². The maximum atomic E-state index is 13.0. The molecule has 0 radical (unpaired) electrons. The van der Waals surface area contributed by atoms with Crippen LogP contribution in [-0.4, -0.2) is 73.4 Å². The minimum Gasteiger partial charge on any atom is -0.391 e. The third-order valence-electron chi connectivity index (χ3n) is 13.5. The van der Waals surface area contributed by atoms with Crippen LogP contribution in [0.25, 0.3) is 0 Å². The first-order valence-corrected chi connectivity index (χ1v) is 30.7. The lowest BCUT2D eigenvalue weighted by Crippen LogP contribution is -2.46. The summed E-state index contributed by atoms with van der Waals surface area (Å²) in [7, 11) is 1.62. The Bertz CT molecular complexity index is 1140. The van der Waals surface area contributed by atoms with Crippen LogP contribution >= 0.6 is 7.82 Å². The fourth-order valence-corrected chi connectivity index (χ4v) is 9.58. The maximum absolute atomic E-state index is 13.0. The van der Waals surface area contributed by atoms with Gasteiger partial charge in [0.2, 0.25) is 5.91 Å². The second-order valence-corrected chi connectivity index (χ2v) is 22.8. The SMILES string of the molecule is CCCCCC/C=C\C/C=C\CCCCCCCCCC(=O)NC(COP(=O)(O)OCC[N+](C)(C)C)C(O)CCCCCCCCCCCCCCCCCCCCCCCCCCCCC. The summed E-state index contributed by atoms with van der Waals surface area (Å²) in [6, 6.07) is -0.764. The van der Waals surface area contributed by atoms with E-state index in [-0.39, 0.29) is 19.1 Å². The summed E-state index contributed by atoms with van der Waals surface area (Å²) in [5.41, 5.74) is 0. The zero-order chi connectivity index (χ0) is 49.2. The van der Waals surface area contributed by atoms with Crippen molar-refractivity contribution >= 4 is 13.7 Å². The number of nitrogens with zero attached hydrogens (tertiary/aromatic N) is 1. The summed E-state index contributed by atoms with van der Waals surface area (Å²) in [5, 5.41) is 14.1. The molecule has 3 atom stereocenters. The molecule has 0 heterocycles. The van der Waals surface area contributed by atoms with E-state index < -0.39 is 20.0 Å². The van der Waals surface area contributed by atoms with Gasteiger partial charge in [0.05, 0.1) is 39.9 Å². The van der Waals surface area contributed by atoms with Crippen molar-refractivity contribution in [1.82, 2.24) is 5.32 Å². The van der Waals surface area contributed by atoms with Crippen LogP contribution in [0.2, 0.25) is 0 Å². The number of quaternary nitrogens is 1. The number of nitrogens with one attached hydrogen (secondary N) is 1. The summed E-state index contributed by atoms with van der Waals surface area (Å²) in [6.07, 6.45) is 62.4. The number of carbonyl (C=O) groups is 1. The van der Waals surface area contributed by atoms with Gasteiger partial charge < -0.3 is 19.8 Å². The number of phosphoric acid groups is 1. The molecule has 0 aromatic heterocycles. The number of carbonyl (C=O) groups excluding carboxylic acids is 1. The Morgan fingerprint density at radius 2 is 0.851 bits per heavy atom. The smallest absolute Gasteiger partial charge is 0.391 e. The Kier molecular flexibility index (Phi) is 49.2. The maximum Gasteiger partial charge on any atom is 0.472 e. The summed E-state index contributed by atoms with van der Waals surface area (Å²) in [6.45, 7) is 4.90. The number of aliphatic hydroxyl groups is 1. The van der Waals surface area contributed by atoms with Crippen molar-refractivity contribution in [2.75, 3.05) is 40.9 Å². The fourth-order valence-electron chi connectivity index (χ4n) is 8.84. The first kappa shape index (κ1) is 66.0. The van der Waals surface area contributed by atoms with Gasteiger partial charge in [0.15, 0.2) is 0 Å². The number of likely N-dealkylation sites (N-methyl/N-ethyl adjacent to an activating group) is 1. The van der Waals surface area contributed by atoms with E-state index in [0.717, 1.165) is 51.4 Å². The van der Waals surface area contributed by atoms with E-state index in [0.29, 0.717) is 23.9 Å². The molecule has 0 aliphatic heterocycles. The van der Waals surface area contributed by atoms with E-state index in [9.17, 15) is 19.4 Å². The van der Waals surface area contributed by atoms with Crippen molar-refractivity contribution < 1.29 is 32.9 Å². The van der Waals surface area contributed by atoms with Gasteiger partial charge in [-0.05, 0) is 44.9 Å². The van der Waals surface area contributed by atoms with E-state index >= 15 is 0 Å². The average Bonchev–Trinajstić information content (AvgIpc) is 3.29. The molecule has 398 valence electrons. The van der Waals surface area contributed by atoms with Crippen molar-refractivity contribution in [2.45, 2.75) is 302 Å². The molecule has 9 heteroatoms. The van der Waals surface area contributed by atoms with E-state index in [1.54, 1.807) is 0 Å². The van der Waals surface area contributed by atoms with Gasteiger partial charge in [-0.3, -0.25) is 13.8 Å². The number of phosphoric ester groups is 1. The molecule has 3 unspecified atom stereocenters. The summed E-state index contributed by atoms with van der Waals surface area (Å²) in [4.78, 5) is 23.3. The molecule has 0 rings (SSSR count). The quantitative estimate of drug-likeness (QED) is 0.0243. The lowest BCUT2D eigenvalue weighted by molar-refractivity contribution is -0.870. The Labute approximate surface area is 417 Å². The molecule has 67 heavy (non-hydrogen) atoms. The second kappa shape index (κ2) is 49.9. The molecule has 0 aliphatic carbocycles. The minimum atomic E-state index is -4.32. The zero-order valence-electron chi connectivity index (χ0n) is 45.4. The first-order valence-electron chi connectivity index (χ1n) is 29.2. The standard InChI is InChI=1S/C58H115N2O6P/c1-6-8-10-12-14-16-18-20-22-24-26-27-28-29-30-31-32-33-34-35-37-39-41-43-45-47-49-51-57(61)56(55-66-67(63,64)65-54-53-60(3,4)5)59-58(62)52-50-48-46-44-42-40-38-36-25-23-21-19-17-15-13-11-9-7-2/h17,19,23,25,56-57,61H,6-16,18,20-22,24,26-55H2,1-5H3,(H-,59,62,63,64)/p+1/b19-17-,25-23-. The number of hydrogen-bond donors (Lipinski definition) is 3. The van der Waals surface area contributed by atoms with Crippen LogP contribution in [0, 0.1) is 0 Å². The summed E-state index contributed by atoms with van der Waals surface area (Å²) in [5.74, 6) is -0.148. The van der Waals surface area contributed by atoms with Gasteiger partial charge in [-0.2, -0.15) is 0 Å². The first-order chi connectivity index (χ1) is 32.5. The molecule has 0 saturated heterocycles. The van der Waals surface area contributed by atoms with Crippen LogP contribution in [0.4, 0.5) is 0 Å². The minimum absolute atomic E-state index is 0.0741. The van der Waals surface area contributed by atoms with Crippen molar-refractivity contribution in [2.24, 2.45) is 0 Å². The van der Waals surface area contributed by atoms with E-state index in [1.165, 1.54) is 212 Å². The number of aliphatic hydroxyl groups excluding tert-OH is 1. The van der Waals surface area contributed by atoms with Gasteiger partial charge in [0.25, 0.3) is 0 Å². The van der Waals surface area contributed by atoms with Crippen LogP contribution < -0.4 is 5.32 Å². The normalized spacial score (nSPS) is 14.1. The molecule has 0 spiro atoms. The number of allylic oxidation sites excluding steroid dienone is 4. The molecule has 0 fully saturated rings. The second-order valence-electron chi connectivity index (χ2n) is 21.4. The molecule has 1 amide bonds. The zero-order valence-corrected chi connectivity index (χ0v) is 46.3. The Balaban J connectivity index is 4.12. The van der Waals surface area contributed by atoms with Crippen molar-refractivity contribution in [3.05, 3.63) is 24.3 Å². The Hall–Kier alpha value is -1.02. The molecule has 0 aromatic rings. The van der Waals surface area contributed by atoms with Crippen LogP contribution in [0.15, 0.2) is 24.3 Å². The third-order valence-corrected chi connectivity index (χ3v) is 14.4. The summed E-state index contributed by atoms with van der Waals surface area (Å²) >= 11 is 0. The van der Waals surface area contributed by atoms with Crippen LogP contribution in [0.3, 0.4) is 0 Å². The third kappa shape index (κ3) is 52.6. The highest BCUT2D eigenvalue weighted by Gasteiger charge is 2.28. The van der Waals surface area contributed by atoms with Gasteiger partial charge in [-0.15, -0.1) is 0 Å². The highest BCUT2D eigenvalue weighted by atomic mass is 31.2. The van der Waals surface area contributed by atoms with E-state index in [1.807, 2.05) is 21.1 Å². The van der Waals surface area contributed by atoms with E-state index in [4.69, 9.17) is 9.05 Å². The number of hydrogen-bond acceptors (Lipinski definition) is 5. The monoisotopic (exact) mass is 968 g/mol. The lowest BCUT2D eigenvalue weighted by Gasteiger charge is -2.26. The molecule has 0 aliphatic rings. The van der Waals surface area contributed by atoms with Crippen molar-refractivity contribution in [1.29, 1.82) is 0 Å². The van der Waals surface area contributed by atoms with Gasteiger partial charge in [-0.1, -0.05) is 263 Å². The molecule has 3 N–H and O–H groups in total. The molecule has 0 bridgehead atoms. The lowest BCUT2D eigenvalue weighted by atomic mass is 10.0. The Morgan fingerprint density at radius 3 is 1.24 bits per heavy atom. The predicted octanol–water partition coefficient (Wildman–Crippen LogP) is 17.6. The molecular weight excluding hydrogens is 852 g/mol. The van der Waals surface area contributed by atoms with Crippen molar-refractivity contribution in [3.63, 3.8) is 0 Å². The van der Waals surface area contributed by atoms with Crippen LogP contribution in [0.1, 0.15) is 290 Å². The van der Waals surface area contributed by atoms with Gasteiger partial charge in [0.1, 0.15) is 13.2 Å². The summed E-state index contributed by atoms with van der Waals surface area (Å²) < 4.78 is 23.8. The molecule has 0 saturated carbocycles. The van der Waals surface area contributed by atoms with Crippen LogP contribution in [0.5, 0.6) is 0 Å². The molecular formula is C58H116N2O6P+. The highest BCUT2D eigenvalue weighted by Crippen LogP contribution is 2.43. The number of unbranched alkanes of at least 4 members (excludes halogenated alkanes) is 37. The van der Waals surface area contributed by atoms with E-state index in [2.05, 4.69) is 43.5 Å². The Morgan fingerprint density at radius 1 is 0.507 bits per heavy atom. The molecule has 0 aromatic carbocycles. The predicted molar refractivity (Wildman–Crippen MR) is 291 cm³/mol. The van der Waals surface area contributed by atoms with Gasteiger partial charge in [-0.25, -0.2) is 4.57 Å². The van der Waals surface area contributed by atoms with Gasteiger partial charge >= 0.3 is 7.82 Å². The average molecular weight is 969 g/mol. The largest absolute Gasteiger partial charge is 0.472 e. The highest BCUT2D eigenvalue weighted by molar-refractivity contribution is 7.47. The van der Waals surface area contributed by atoms with Crippen molar-refractivity contribution in [3.8, 4) is 0 Å². The van der Waals surface area contributed by atoms with Gasteiger partial charge in [0, 0.05) is 6.42 Å². The fraction of sp³-hybridized carbons (Fsp3) is 0.914. The molecule has 8 nitrogen and oxygen atoms in total.